The lowest BCUT2D eigenvalue weighted by molar-refractivity contribution is 0.0983. The fraction of sp³-hybridized carbons (Fsp3) is 0.154. The highest BCUT2D eigenvalue weighted by atomic mass is 79.9. The van der Waals surface area contributed by atoms with Crippen LogP contribution in [-0.2, 0) is 6.42 Å². The summed E-state index contributed by atoms with van der Waals surface area (Å²) < 4.78 is 0.844. The summed E-state index contributed by atoms with van der Waals surface area (Å²) in [7, 11) is 0. The van der Waals surface area contributed by atoms with E-state index in [4.69, 9.17) is 5.73 Å². The third kappa shape index (κ3) is 3.41. The molecule has 0 saturated carbocycles. The summed E-state index contributed by atoms with van der Waals surface area (Å²) in [5.74, 6) is 0.131. The zero-order chi connectivity index (χ0) is 12.3. The van der Waals surface area contributed by atoms with Gasteiger partial charge in [0.1, 0.15) is 0 Å². The van der Waals surface area contributed by atoms with Crippen molar-refractivity contribution in [2.75, 3.05) is 5.73 Å². The van der Waals surface area contributed by atoms with Gasteiger partial charge in [-0.05, 0) is 36.1 Å². The first kappa shape index (κ1) is 12.3. The van der Waals surface area contributed by atoms with Crippen LogP contribution in [0.3, 0.4) is 0 Å². The zero-order valence-electron chi connectivity index (χ0n) is 9.15. The van der Waals surface area contributed by atoms with Gasteiger partial charge in [0.05, 0.1) is 0 Å². The summed E-state index contributed by atoms with van der Waals surface area (Å²) in [6, 6.07) is 9.37. The molecule has 2 nitrogen and oxygen atoms in total. The lowest BCUT2D eigenvalue weighted by Gasteiger charge is -2.03. The molecule has 4 heteroatoms. The Morgan fingerprint density at radius 3 is 2.82 bits per heavy atom. The van der Waals surface area contributed by atoms with Gasteiger partial charge in [-0.1, -0.05) is 22.0 Å². The molecule has 2 rings (SSSR count). The zero-order valence-corrected chi connectivity index (χ0v) is 11.6. The molecule has 1 aromatic heterocycles. The maximum atomic E-state index is 12.0. The van der Waals surface area contributed by atoms with E-state index in [9.17, 15) is 4.79 Å². The number of hydrogen-bond donors (Lipinski definition) is 1. The summed E-state index contributed by atoms with van der Waals surface area (Å²) in [5.41, 5.74) is 6.99. The van der Waals surface area contributed by atoms with Crippen molar-refractivity contribution in [1.82, 2.24) is 0 Å². The second-order valence-electron chi connectivity index (χ2n) is 3.78. The summed E-state index contributed by atoms with van der Waals surface area (Å²) in [5, 5.41) is 2.02. The van der Waals surface area contributed by atoms with Crippen LogP contribution >= 0.6 is 27.3 Å². The van der Waals surface area contributed by atoms with Crippen LogP contribution in [0.5, 0.6) is 0 Å². The SMILES string of the molecule is Nc1cc(Br)cc(C(=O)CCc2cccs2)c1. The highest BCUT2D eigenvalue weighted by Crippen LogP contribution is 2.19. The van der Waals surface area contributed by atoms with E-state index in [1.165, 1.54) is 4.88 Å². The Hall–Kier alpha value is -1.13. The highest BCUT2D eigenvalue weighted by Gasteiger charge is 2.08. The van der Waals surface area contributed by atoms with Crippen molar-refractivity contribution in [1.29, 1.82) is 0 Å². The maximum absolute atomic E-state index is 12.0. The Morgan fingerprint density at radius 1 is 1.35 bits per heavy atom. The lowest BCUT2D eigenvalue weighted by atomic mass is 10.1. The van der Waals surface area contributed by atoms with Gasteiger partial charge in [-0.2, -0.15) is 0 Å². The van der Waals surface area contributed by atoms with Crippen LogP contribution in [0.25, 0.3) is 0 Å². The van der Waals surface area contributed by atoms with Gasteiger partial charge in [-0.25, -0.2) is 0 Å². The number of benzene rings is 1. The van der Waals surface area contributed by atoms with E-state index < -0.39 is 0 Å². The minimum atomic E-state index is 0.131. The Kier molecular flexibility index (Phi) is 3.97. The molecular weight excluding hydrogens is 298 g/mol. The van der Waals surface area contributed by atoms with Crippen molar-refractivity contribution in [3.05, 3.63) is 50.6 Å². The number of carbonyl (C=O) groups excluding carboxylic acids is 1. The molecule has 0 aliphatic carbocycles. The molecule has 0 radical (unpaired) electrons. The van der Waals surface area contributed by atoms with Crippen LogP contribution in [-0.4, -0.2) is 5.78 Å². The van der Waals surface area contributed by atoms with E-state index in [1.54, 1.807) is 23.5 Å². The summed E-state index contributed by atoms with van der Waals surface area (Å²) >= 11 is 5.02. The highest BCUT2D eigenvalue weighted by molar-refractivity contribution is 9.10. The normalized spacial score (nSPS) is 10.4. The molecule has 0 aliphatic heterocycles. The number of anilines is 1. The van der Waals surface area contributed by atoms with Crippen LogP contribution in [0.15, 0.2) is 40.2 Å². The summed E-state index contributed by atoms with van der Waals surface area (Å²) in [6.45, 7) is 0. The molecule has 2 N–H and O–H groups in total. The van der Waals surface area contributed by atoms with Crippen LogP contribution < -0.4 is 5.73 Å². The fourth-order valence-electron chi connectivity index (χ4n) is 1.61. The van der Waals surface area contributed by atoms with Crippen molar-refractivity contribution in [2.45, 2.75) is 12.8 Å². The summed E-state index contributed by atoms with van der Waals surface area (Å²) in [6.07, 6.45) is 1.32. The summed E-state index contributed by atoms with van der Waals surface area (Å²) in [4.78, 5) is 13.2. The number of rotatable bonds is 4. The van der Waals surface area contributed by atoms with Crippen LogP contribution in [0, 0.1) is 0 Å². The Balaban J connectivity index is 2.04. The Labute approximate surface area is 113 Å². The number of ketones is 1. The predicted octanol–water partition coefficient (Wildman–Crippen LogP) is 3.91. The molecule has 88 valence electrons. The molecule has 0 fully saturated rings. The Morgan fingerprint density at radius 2 is 2.18 bits per heavy atom. The molecule has 0 unspecified atom stereocenters. The average Bonchev–Trinajstić information content (AvgIpc) is 2.77. The number of hydrogen-bond acceptors (Lipinski definition) is 3. The number of thiophene rings is 1. The van der Waals surface area contributed by atoms with E-state index in [1.807, 2.05) is 23.6 Å². The minimum Gasteiger partial charge on any atom is -0.399 e. The van der Waals surface area contributed by atoms with E-state index in [-0.39, 0.29) is 5.78 Å². The number of carbonyl (C=O) groups is 1. The molecule has 0 spiro atoms. The van der Waals surface area contributed by atoms with Crippen molar-refractivity contribution in [3.8, 4) is 0 Å². The minimum absolute atomic E-state index is 0.131. The molecule has 0 amide bonds. The standard InChI is InChI=1S/C13H12BrNOS/c14-10-6-9(7-11(15)8-10)13(16)4-3-12-2-1-5-17-12/h1-2,5-8H,3-4,15H2. The first-order chi connectivity index (χ1) is 8.15. The average molecular weight is 310 g/mol. The predicted molar refractivity (Wildman–Crippen MR) is 75.5 cm³/mol. The van der Waals surface area contributed by atoms with Gasteiger partial charge in [0.2, 0.25) is 0 Å². The molecule has 1 aromatic carbocycles. The number of halogens is 1. The third-order valence-corrected chi connectivity index (χ3v) is 3.81. The molecule has 0 aliphatic rings. The van der Waals surface area contributed by atoms with Crippen LogP contribution in [0.1, 0.15) is 21.7 Å². The topological polar surface area (TPSA) is 43.1 Å². The molecular formula is C13H12BrNOS. The number of nitrogens with two attached hydrogens (primary N) is 1. The van der Waals surface area contributed by atoms with Crippen molar-refractivity contribution in [2.24, 2.45) is 0 Å². The number of aryl methyl sites for hydroxylation is 1. The number of Topliss-reactive ketones (excluding diaryl/α,β-unsaturated/α-hetero) is 1. The van der Waals surface area contributed by atoms with E-state index in [2.05, 4.69) is 15.9 Å². The fourth-order valence-corrected chi connectivity index (χ4v) is 2.83. The second kappa shape index (κ2) is 5.47. The largest absolute Gasteiger partial charge is 0.399 e. The van der Waals surface area contributed by atoms with Gasteiger partial charge in [0.25, 0.3) is 0 Å². The van der Waals surface area contributed by atoms with Crippen molar-refractivity contribution >= 4 is 38.7 Å². The van der Waals surface area contributed by atoms with Gasteiger partial charge < -0.3 is 5.73 Å². The molecule has 0 bridgehead atoms. The first-order valence-electron chi connectivity index (χ1n) is 5.27. The molecule has 0 atom stereocenters. The monoisotopic (exact) mass is 309 g/mol. The van der Waals surface area contributed by atoms with Gasteiger partial charge in [-0.15, -0.1) is 11.3 Å². The van der Waals surface area contributed by atoms with E-state index >= 15 is 0 Å². The first-order valence-corrected chi connectivity index (χ1v) is 6.94. The van der Waals surface area contributed by atoms with E-state index in [0.717, 1.165) is 10.9 Å². The van der Waals surface area contributed by atoms with Crippen LogP contribution in [0.4, 0.5) is 5.69 Å². The van der Waals surface area contributed by atoms with Crippen molar-refractivity contribution in [3.63, 3.8) is 0 Å². The molecule has 17 heavy (non-hydrogen) atoms. The Bertz CT molecular complexity index is 502. The number of nitrogen functional groups attached to an aromatic ring is 1. The van der Waals surface area contributed by atoms with Gasteiger partial charge in [0, 0.05) is 27.0 Å². The quantitative estimate of drug-likeness (QED) is 0.687. The second-order valence-corrected chi connectivity index (χ2v) is 5.72. The van der Waals surface area contributed by atoms with Crippen molar-refractivity contribution < 1.29 is 4.79 Å². The maximum Gasteiger partial charge on any atom is 0.163 e. The van der Waals surface area contributed by atoms with Gasteiger partial charge >= 0.3 is 0 Å². The van der Waals surface area contributed by atoms with Gasteiger partial charge in [-0.3, -0.25) is 4.79 Å². The lowest BCUT2D eigenvalue weighted by Crippen LogP contribution is -2.01. The smallest absolute Gasteiger partial charge is 0.163 e. The van der Waals surface area contributed by atoms with Crippen LogP contribution in [0.2, 0.25) is 0 Å². The third-order valence-electron chi connectivity index (χ3n) is 2.42. The van der Waals surface area contributed by atoms with E-state index in [0.29, 0.717) is 17.7 Å². The molecule has 1 heterocycles. The van der Waals surface area contributed by atoms with Gasteiger partial charge in [0.15, 0.2) is 5.78 Å². The molecule has 2 aromatic rings. The molecule has 0 saturated heterocycles.